The number of nitrogens with one attached hydrogen (secondary N) is 2. The van der Waals surface area contributed by atoms with Gasteiger partial charge in [-0.3, -0.25) is 4.79 Å². The minimum atomic E-state index is -0.0783. The molecule has 2 rings (SSSR count). The molecule has 4 nitrogen and oxygen atoms in total. The van der Waals surface area contributed by atoms with Gasteiger partial charge in [-0.2, -0.15) is 0 Å². The minimum Gasteiger partial charge on any atom is -0.396 e. The van der Waals surface area contributed by atoms with Gasteiger partial charge in [-0.15, -0.1) is 0 Å². The highest BCUT2D eigenvalue weighted by Gasteiger charge is 2.03. The van der Waals surface area contributed by atoms with Crippen molar-refractivity contribution < 1.29 is 5.11 Å². The number of hydrogen-bond donors (Lipinski definition) is 3. The highest BCUT2D eigenvalue weighted by molar-refractivity contribution is 5.83. The van der Waals surface area contributed by atoms with E-state index in [4.69, 9.17) is 5.11 Å². The summed E-state index contributed by atoms with van der Waals surface area (Å²) in [6, 6.07) is 9.44. The predicted molar refractivity (Wildman–Crippen MR) is 73.9 cm³/mol. The molecule has 1 aromatic heterocycles. The highest BCUT2D eigenvalue weighted by atomic mass is 16.3. The third-order valence-electron chi connectivity index (χ3n) is 3.02. The summed E-state index contributed by atoms with van der Waals surface area (Å²) in [5, 5.41) is 13.7. The molecule has 0 aliphatic heterocycles. The Morgan fingerprint density at radius 2 is 2.17 bits per heavy atom. The van der Waals surface area contributed by atoms with Gasteiger partial charge in [-0.25, -0.2) is 0 Å². The summed E-state index contributed by atoms with van der Waals surface area (Å²) in [5.74, 6) is 1.09. The summed E-state index contributed by atoms with van der Waals surface area (Å²) < 4.78 is 0. The molecule has 0 saturated carbocycles. The normalized spacial score (nSPS) is 12.6. The fourth-order valence-corrected chi connectivity index (χ4v) is 1.91. The zero-order chi connectivity index (χ0) is 13.0. The lowest BCUT2D eigenvalue weighted by molar-refractivity contribution is 0.266. The first-order chi connectivity index (χ1) is 8.70. The van der Waals surface area contributed by atoms with Gasteiger partial charge in [0, 0.05) is 18.5 Å². The van der Waals surface area contributed by atoms with Crippen molar-refractivity contribution in [1.82, 2.24) is 4.98 Å². The first-order valence-electron chi connectivity index (χ1n) is 6.17. The van der Waals surface area contributed by atoms with Gasteiger partial charge in [0.2, 0.25) is 0 Å². The monoisotopic (exact) mass is 246 g/mol. The van der Waals surface area contributed by atoms with Crippen LogP contribution in [0.3, 0.4) is 0 Å². The van der Waals surface area contributed by atoms with Crippen LogP contribution in [0.15, 0.2) is 35.1 Å². The average Bonchev–Trinajstić information content (AvgIpc) is 2.37. The molecule has 96 valence electrons. The van der Waals surface area contributed by atoms with Crippen molar-refractivity contribution in [2.75, 3.05) is 18.5 Å². The van der Waals surface area contributed by atoms with Crippen molar-refractivity contribution in [2.45, 2.75) is 13.3 Å². The smallest absolute Gasteiger partial charge is 0.257 e. The second kappa shape index (κ2) is 5.69. The van der Waals surface area contributed by atoms with Gasteiger partial charge < -0.3 is 15.4 Å². The number of aromatic amines is 1. The Morgan fingerprint density at radius 1 is 1.39 bits per heavy atom. The van der Waals surface area contributed by atoms with Crippen LogP contribution < -0.4 is 10.9 Å². The van der Waals surface area contributed by atoms with E-state index in [0.717, 1.165) is 24.2 Å². The average molecular weight is 246 g/mol. The molecule has 1 aromatic carbocycles. The summed E-state index contributed by atoms with van der Waals surface area (Å²) in [5.41, 5.74) is -0.0783. The zero-order valence-electron chi connectivity index (χ0n) is 10.4. The maximum absolute atomic E-state index is 11.8. The molecule has 2 aromatic rings. The molecule has 3 N–H and O–H groups in total. The lowest BCUT2D eigenvalue weighted by atomic mass is 10.1. The Balaban J connectivity index is 2.17. The van der Waals surface area contributed by atoms with Gasteiger partial charge in [-0.05, 0) is 29.9 Å². The van der Waals surface area contributed by atoms with E-state index in [1.165, 1.54) is 0 Å². The molecule has 1 unspecified atom stereocenters. The van der Waals surface area contributed by atoms with Crippen LogP contribution in [0.2, 0.25) is 0 Å². The fourth-order valence-electron chi connectivity index (χ4n) is 1.91. The third kappa shape index (κ3) is 2.90. The fraction of sp³-hybridized carbons (Fsp3) is 0.357. The molecule has 4 heteroatoms. The van der Waals surface area contributed by atoms with Gasteiger partial charge in [0.05, 0.1) is 0 Å². The Kier molecular flexibility index (Phi) is 3.99. The van der Waals surface area contributed by atoms with Crippen LogP contribution in [0.4, 0.5) is 5.82 Å². The van der Waals surface area contributed by atoms with E-state index in [1.54, 1.807) is 0 Å². The molecule has 0 aliphatic carbocycles. The molecular weight excluding hydrogens is 228 g/mol. The van der Waals surface area contributed by atoms with Gasteiger partial charge >= 0.3 is 0 Å². The lowest BCUT2D eigenvalue weighted by Gasteiger charge is -2.12. The van der Waals surface area contributed by atoms with E-state index >= 15 is 0 Å². The van der Waals surface area contributed by atoms with Crippen molar-refractivity contribution in [3.8, 4) is 0 Å². The molecule has 1 atom stereocenters. The molecule has 0 radical (unpaired) electrons. The van der Waals surface area contributed by atoms with Gasteiger partial charge in [-0.1, -0.05) is 25.1 Å². The van der Waals surface area contributed by atoms with Gasteiger partial charge in [0.15, 0.2) is 0 Å². The van der Waals surface area contributed by atoms with E-state index in [-0.39, 0.29) is 12.2 Å². The van der Waals surface area contributed by atoms with Crippen LogP contribution in [-0.4, -0.2) is 23.2 Å². The number of pyridine rings is 1. The number of H-pyrrole nitrogens is 1. The molecule has 0 aliphatic rings. The zero-order valence-corrected chi connectivity index (χ0v) is 10.4. The molecule has 0 spiro atoms. The molecule has 0 saturated heterocycles. The topological polar surface area (TPSA) is 65.1 Å². The maximum atomic E-state index is 11.8. The quantitative estimate of drug-likeness (QED) is 0.755. The second-order valence-corrected chi connectivity index (χ2v) is 4.60. The van der Waals surface area contributed by atoms with Crippen LogP contribution >= 0.6 is 0 Å². The van der Waals surface area contributed by atoms with Crippen LogP contribution in [0.5, 0.6) is 0 Å². The van der Waals surface area contributed by atoms with Crippen LogP contribution in [-0.2, 0) is 0 Å². The van der Waals surface area contributed by atoms with Gasteiger partial charge in [0.1, 0.15) is 5.82 Å². The number of hydrogen-bond acceptors (Lipinski definition) is 3. The van der Waals surface area contributed by atoms with Crippen LogP contribution in [0, 0.1) is 5.92 Å². The number of fused-ring (bicyclic) bond motifs is 1. The third-order valence-corrected chi connectivity index (χ3v) is 3.02. The summed E-state index contributed by atoms with van der Waals surface area (Å²) in [6.07, 6.45) is 0.755. The summed E-state index contributed by atoms with van der Waals surface area (Å²) >= 11 is 0. The Hall–Kier alpha value is -1.81. The number of anilines is 1. The molecule has 0 fully saturated rings. The van der Waals surface area contributed by atoms with E-state index < -0.39 is 0 Å². The van der Waals surface area contributed by atoms with Crippen LogP contribution in [0.1, 0.15) is 13.3 Å². The first kappa shape index (κ1) is 12.6. The molecule has 18 heavy (non-hydrogen) atoms. The molecule has 0 amide bonds. The minimum absolute atomic E-state index is 0.0783. The van der Waals surface area contributed by atoms with E-state index in [2.05, 4.69) is 17.2 Å². The van der Waals surface area contributed by atoms with E-state index in [0.29, 0.717) is 11.3 Å². The standard InChI is InChI=1S/C14H18N2O2/c1-10(6-7-17)9-15-13-8-11-4-2-3-5-12(11)14(18)16-13/h2-5,8,10,17H,6-7,9H2,1H3,(H2,15,16,18). The lowest BCUT2D eigenvalue weighted by Crippen LogP contribution is -2.16. The predicted octanol–water partition coefficient (Wildman–Crippen LogP) is 1.96. The van der Waals surface area contributed by atoms with Crippen molar-refractivity contribution in [1.29, 1.82) is 0 Å². The largest absolute Gasteiger partial charge is 0.396 e. The summed E-state index contributed by atoms with van der Waals surface area (Å²) in [6.45, 7) is 2.98. The number of benzene rings is 1. The summed E-state index contributed by atoms with van der Waals surface area (Å²) in [7, 11) is 0. The molecular formula is C14H18N2O2. The van der Waals surface area contributed by atoms with E-state index in [1.807, 2.05) is 30.3 Å². The Bertz CT molecular complexity index is 577. The number of rotatable bonds is 5. The number of aliphatic hydroxyl groups excluding tert-OH is 1. The first-order valence-corrected chi connectivity index (χ1v) is 6.17. The maximum Gasteiger partial charge on any atom is 0.257 e. The SMILES string of the molecule is CC(CCO)CNc1cc2ccccc2c(=O)[nH]1. The second-order valence-electron chi connectivity index (χ2n) is 4.60. The van der Waals surface area contributed by atoms with Crippen molar-refractivity contribution in [3.63, 3.8) is 0 Å². The van der Waals surface area contributed by atoms with E-state index in [9.17, 15) is 4.79 Å². The molecule has 1 heterocycles. The Morgan fingerprint density at radius 3 is 2.94 bits per heavy atom. The van der Waals surface area contributed by atoms with Crippen LogP contribution in [0.25, 0.3) is 10.8 Å². The summed E-state index contributed by atoms with van der Waals surface area (Å²) in [4.78, 5) is 14.7. The van der Waals surface area contributed by atoms with Crippen molar-refractivity contribution >= 4 is 16.6 Å². The highest BCUT2D eigenvalue weighted by Crippen LogP contribution is 2.13. The Labute approximate surface area is 106 Å². The number of aromatic nitrogens is 1. The van der Waals surface area contributed by atoms with Crippen molar-refractivity contribution in [3.05, 3.63) is 40.7 Å². The molecule has 0 bridgehead atoms. The van der Waals surface area contributed by atoms with Crippen molar-refractivity contribution in [2.24, 2.45) is 5.92 Å². The number of aliphatic hydroxyl groups is 1. The van der Waals surface area contributed by atoms with Gasteiger partial charge in [0.25, 0.3) is 5.56 Å².